The summed E-state index contributed by atoms with van der Waals surface area (Å²) in [6, 6.07) is 24.8. The summed E-state index contributed by atoms with van der Waals surface area (Å²) < 4.78 is 5.14. The summed E-state index contributed by atoms with van der Waals surface area (Å²) in [5.74, 6) is -2.08. The maximum atomic E-state index is 15.0. The highest BCUT2D eigenvalue weighted by molar-refractivity contribution is 7.80. The molecule has 1 saturated heterocycles. The summed E-state index contributed by atoms with van der Waals surface area (Å²) in [5.41, 5.74) is -4.54. The van der Waals surface area contributed by atoms with Crippen LogP contribution in [0.3, 0.4) is 0 Å². The molecular formula is C31H22ClN5O4S. The molecule has 11 heteroatoms. The SMILES string of the molecule is CCOC(=O)CN1C(=O)[C@@]2(c3cc(Cl)ccc31)C(C#N)(C#N)C(=S)N[C@]21C(=O)N(Cc2ccccc2)c2ccccc21. The Bertz CT molecular complexity index is 1770. The highest BCUT2D eigenvalue weighted by atomic mass is 35.5. The van der Waals surface area contributed by atoms with Gasteiger partial charge in [0.2, 0.25) is 11.3 Å². The van der Waals surface area contributed by atoms with E-state index in [4.69, 9.17) is 28.6 Å². The van der Waals surface area contributed by atoms with Crippen LogP contribution in [0.25, 0.3) is 0 Å². The Hall–Kier alpha value is -4.77. The van der Waals surface area contributed by atoms with Gasteiger partial charge >= 0.3 is 5.97 Å². The summed E-state index contributed by atoms with van der Waals surface area (Å²) >= 11 is 12.2. The molecule has 42 heavy (non-hydrogen) atoms. The number of halogens is 1. The van der Waals surface area contributed by atoms with Crippen molar-refractivity contribution in [1.29, 1.82) is 10.5 Å². The molecule has 3 heterocycles. The number of benzene rings is 3. The smallest absolute Gasteiger partial charge is 0.326 e. The van der Waals surface area contributed by atoms with Crippen LogP contribution in [-0.2, 0) is 36.6 Å². The average Bonchev–Trinajstić information content (AvgIpc) is 3.48. The molecule has 2 amide bonds. The number of carbonyl (C=O) groups excluding carboxylic acids is 3. The monoisotopic (exact) mass is 595 g/mol. The molecule has 6 rings (SSSR count). The van der Waals surface area contributed by atoms with Gasteiger partial charge in [-0.1, -0.05) is 72.3 Å². The Kier molecular flexibility index (Phi) is 6.30. The van der Waals surface area contributed by atoms with E-state index < -0.39 is 40.7 Å². The molecule has 1 fully saturated rings. The lowest BCUT2D eigenvalue weighted by atomic mass is 9.54. The van der Waals surface area contributed by atoms with Crippen LogP contribution in [0.15, 0.2) is 72.8 Å². The van der Waals surface area contributed by atoms with E-state index in [-0.39, 0.29) is 34.4 Å². The molecule has 3 aromatic rings. The first-order chi connectivity index (χ1) is 20.2. The minimum Gasteiger partial charge on any atom is -0.465 e. The summed E-state index contributed by atoms with van der Waals surface area (Å²) in [6.45, 7) is 1.36. The molecule has 0 saturated carbocycles. The van der Waals surface area contributed by atoms with Crippen molar-refractivity contribution >= 4 is 58.0 Å². The molecule has 2 atom stereocenters. The number of carbonyl (C=O) groups is 3. The second-order valence-corrected chi connectivity index (χ2v) is 11.0. The van der Waals surface area contributed by atoms with Crippen molar-refractivity contribution in [2.24, 2.45) is 5.41 Å². The van der Waals surface area contributed by atoms with Gasteiger partial charge in [0.25, 0.3) is 5.91 Å². The molecule has 3 aliphatic rings. The van der Waals surface area contributed by atoms with Gasteiger partial charge in [-0.05, 0) is 42.3 Å². The number of para-hydroxylation sites is 1. The van der Waals surface area contributed by atoms with Crippen LogP contribution >= 0.6 is 23.8 Å². The molecule has 3 aromatic carbocycles. The summed E-state index contributed by atoms with van der Waals surface area (Å²) in [5, 5.41) is 24.7. The predicted molar refractivity (Wildman–Crippen MR) is 157 cm³/mol. The average molecular weight is 596 g/mol. The van der Waals surface area contributed by atoms with E-state index in [1.807, 2.05) is 42.5 Å². The summed E-state index contributed by atoms with van der Waals surface area (Å²) in [6.07, 6.45) is 0. The normalized spacial score (nSPS) is 23.0. The van der Waals surface area contributed by atoms with E-state index in [2.05, 4.69) is 5.32 Å². The Morgan fingerprint density at radius 1 is 0.952 bits per heavy atom. The van der Waals surface area contributed by atoms with E-state index in [9.17, 15) is 20.1 Å². The van der Waals surface area contributed by atoms with Gasteiger partial charge in [0, 0.05) is 16.3 Å². The number of nitriles is 2. The summed E-state index contributed by atoms with van der Waals surface area (Å²) in [7, 11) is 0. The van der Waals surface area contributed by atoms with Gasteiger partial charge < -0.3 is 15.0 Å². The zero-order valence-corrected chi connectivity index (χ0v) is 23.8. The van der Waals surface area contributed by atoms with E-state index >= 15 is 4.79 Å². The first-order valence-electron chi connectivity index (χ1n) is 13.1. The molecule has 208 valence electrons. The van der Waals surface area contributed by atoms with Crippen LogP contribution in [0.5, 0.6) is 0 Å². The van der Waals surface area contributed by atoms with E-state index in [1.165, 1.54) is 23.1 Å². The number of nitrogens with one attached hydrogen (secondary N) is 1. The first kappa shape index (κ1) is 27.4. The predicted octanol–water partition coefficient (Wildman–Crippen LogP) is 3.89. The third-order valence-electron chi connectivity index (χ3n) is 8.26. The van der Waals surface area contributed by atoms with Crippen LogP contribution in [0, 0.1) is 28.1 Å². The third-order valence-corrected chi connectivity index (χ3v) is 8.91. The van der Waals surface area contributed by atoms with Crippen molar-refractivity contribution in [2.75, 3.05) is 23.0 Å². The van der Waals surface area contributed by atoms with Crippen molar-refractivity contribution in [2.45, 2.75) is 24.4 Å². The van der Waals surface area contributed by atoms with Crippen molar-refractivity contribution in [3.05, 3.63) is 94.5 Å². The number of thiocarbonyl (C=S) groups is 1. The molecule has 2 spiro atoms. The van der Waals surface area contributed by atoms with E-state index in [0.717, 1.165) is 10.5 Å². The fourth-order valence-corrected chi connectivity index (χ4v) is 7.22. The van der Waals surface area contributed by atoms with E-state index in [1.54, 1.807) is 31.2 Å². The first-order valence-corrected chi connectivity index (χ1v) is 13.9. The molecule has 0 aliphatic carbocycles. The van der Waals surface area contributed by atoms with Gasteiger partial charge in [0.05, 0.1) is 31.0 Å². The molecule has 1 N–H and O–H groups in total. The topological polar surface area (TPSA) is 127 Å². The fourth-order valence-electron chi connectivity index (χ4n) is 6.65. The zero-order valence-electron chi connectivity index (χ0n) is 22.3. The second-order valence-electron chi connectivity index (χ2n) is 10.2. The largest absolute Gasteiger partial charge is 0.465 e. The van der Waals surface area contributed by atoms with Gasteiger partial charge in [0.15, 0.2) is 11.0 Å². The third kappa shape index (κ3) is 3.22. The minimum absolute atomic E-state index is 0.0791. The molecule has 0 bridgehead atoms. The number of ether oxygens (including phenoxy) is 1. The Morgan fingerprint density at radius 2 is 1.62 bits per heavy atom. The van der Waals surface area contributed by atoms with Gasteiger partial charge in [-0.25, -0.2) is 0 Å². The van der Waals surface area contributed by atoms with E-state index in [0.29, 0.717) is 11.3 Å². The van der Waals surface area contributed by atoms with Crippen LogP contribution in [0.1, 0.15) is 23.6 Å². The highest BCUT2D eigenvalue weighted by Gasteiger charge is 2.84. The van der Waals surface area contributed by atoms with Crippen LogP contribution < -0.4 is 15.1 Å². The lowest BCUT2D eigenvalue weighted by Crippen LogP contribution is -2.65. The highest BCUT2D eigenvalue weighted by Crippen LogP contribution is 2.67. The van der Waals surface area contributed by atoms with Gasteiger partial charge in [-0.15, -0.1) is 0 Å². The van der Waals surface area contributed by atoms with Crippen molar-refractivity contribution in [1.82, 2.24) is 5.32 Å². The van der Waals surface area contributed by atoms with Crippen LogP contribution in [0.4, 0.5) is 11.4 Å². The maximum Gasteiger partial charge on any atom is 0.326 e. The number of amides is 2. The van der Waals surface area contributed by atoms with Gasteiger partial charge in [0.1, 0.15) is 11.5 Å². The molecule has 0 aromatic heterocycles. The zero-order chi connectivity index (χ0) is 29.9. The quantitative estimate of drug-likeness (QED) is 0.348. The number of hydrogen-bond acceptors (Lipinski definition) is 7. The molecule has 0 radical (unpaired) electrons. The standard InChI is InChI=1S/C31H22ClN5O4S/c1-2-41-25(38)16-37-24-13-12-20(32)14-22(24)30(27(37)39)29(17-33,18-34)26(42)35-31(30)21-10-6-7-11-23(21)36(28(31)40)15-19-8-4-3-5-9-19/h3-14H,2,15-16H2,1H3,(H,35,42)/t30-,31+/m0/s1. The van der Waals surface area contributed by atoms with Crippen molar-refractivity contribution in [3.63, 3.8) is 0 Å². The Labute approximate surface area is 251 Å². The number of anilines is 2. The maximum absolute atomic E-state index is 15.0. The molecular weight excluding hydrogens is 574 g/mol. The van der Waals surface area contributed by atoms with Crippen molar-refractivity contribution < 1.29 is 19.1 Å². The number of hydrogen-bond donors (Lipinski definition) is 1. The molecule has 0 unspecified atom stereocenters. The van der Waals surface area contributed by atoms with Crippen LogP contribution in [-0.4, -0.2) is 35.9 Å². The Balaban J connectivity index is 1.69. The Morgan fingerprint density at radius 3 is 2.31 bits per heavy atom. The number of fused-ring (bicyclic) bond motifs is 5. The lowest BCUT2D eigenvalue weighted by Gasteiger charge is -2.41. The minimum atomic E-state index is -2.34. The van der Waals surface area contributed by atoms with Gasteiger partial charge in [-0.3, -0.25) is 19.3 Å². The summed E-state index contributed by atoms with van der Waals surface area (Å²) in [4.78, 5) is 45.1. The lowest BCUT2D eigenvalue weighted by molar-refractivity contribution is -0.143. The molecule has 3 aliphatic heterocycles. The number of nitrogens with zero attached hydrogens (tertiary/aromatic N) is 4. The van der Waals surface area contributed by atoms with Gasteiger partial charge in [-0.2, -0.15) is 10.5 Å². The van der Waals surface area contributed by atoms with Crippen molar-refractivity contribution in [3.8, 4) is 12.1 Å². The number of esters is 1. The van der Waals surface area contributed by atoms with Crippen LogP contribution in [0.2, 0.25) is 5.02 Å². The fraction of sp³-hybridized carbons (Fsp3) is 0.226. The number of rotatable bonds is 5. The second kappa shape index (κ2) is 9.66. The molecule has 9 nitrogen and oxygen atoms in total.